The molecule has 0 radical (unpaired) electrons. The molecule has 0 aliphatic heterocycles. The maximum Gasteiger partial charge on any atom is 0.223 e. The molecule has 0 unspecified atom stereocenters. The lowest BCUT2D eigenvalue weighted by Crippen LogP contribution is -2.43. The van der Waals surface area contributed by atoms with Crippen LogP contribution < -0.4 is 5.32 Å². The fourth-order valence-corrected chi connectivity index (χ4v) is 2.28. The van der Waals surface area contributed by atoms with E-state index in [1.807, 2.05) is 0 Å². The van der Waals surface area contributed by atoms with Crippen molar-refractivity contribution in [2.75, 3.05) is 0 Å². The molecule has 0 saturated heterocycles. The van der Waals surface area contributed by atoms with Crippen LogP contribution in [-0.2, 0) is 4.79 Å². The zero-order valence-corrected chi connectivity index (χ0v) is 8.76. The third-order valence-corrected chi connectivity index (χ3v) is 3.41. The Morgan fingerprint density at radius 3 is 2.31 bits per heavy atom. The van der Waals surface area contributed by atoms with Crippen molar-refractivity contribution in [1.29, 1.82) is 0 Å². The number of carbonyl (C=O) groups excluding carboxylic acids is 1. The lowest BCUT2D eigenvalue weighted by atomic mass is 9.64. The summed E-state index contributed by atoms with van der Waals surface area (Å²) in [5.74, 6) is 1.33. The van der Waals surface area contributed by atoms with Crippen LogP contribution in [0.2, 0.25) is 0 Å². The second-order valence-corrected chi connectivity index (χ2v) is 5.60. The summed E-state index contributed by atoms with van der Waals surface area (Å²) in [4.78, 5) is 11.6. The van der Waals surface area contributed by atoms with Crippen LogP contribution in [0.5, 0.6) is 0 Å². The van der Waals surface area contributed by atoms with Gasteiger partial charge in [-0.25, -0.2) is 0 Å². The molecule has 1 amide bonds. The van der Waals surface area contributed by atoms with Crippen LogP contribution in [0.25, 0.3) is 0 Å². The molecule has 2 aliphatic carbocycles. The first kappa shape index (κ1) is 9.04. The van der Waals surface area contributed by atoms with Gasteiger partial charge in [-0.2, -0.15) is 0 Å². The molecule has 0 heterocycles. The molecule has 1 N–H and O–H groups in total. The summed E-state index contributed by atoms with van der Waals surface area (Å²) in [5.41, 5.74) is 0.414. The molecule has 0 spiro atoms. The molecule has 2 atom stereocenters. The molecule has 13 heavy (non-hydrogen) atoms. The molecule has 2 nitrogen and oxygen atoms in total. The Labute approximate surface area is 80.1 Å². The number of amides is 1. The number of rotatable bonds is 2. The molecular weight excluding hydrogens is 162 g/mol. The van der Waals surface area contributed by atoms with Crippen molar-refractivity contribution in [3.05, 3.63) is 0 Å². The van der Waals surface area contributed by atoms with Gasteiger partial charge in [0, 0.05) is 12.0 Å². The molecule has 2 rings (SSSR count). The van der Waals surface area contributed by atoms with E-state index in [2.05, 4.69) is 26.1 Å². The van der Waals surface area contributed by atoms with Gasteiger partial charge >= 0.3 is 0 Å². The Kier molecular flexibility index (Phi) is 1.90. The highest BCUT2D eigenvalue weighted by Crippen LogP contribution is 2.45. The van der Waals surface area contributed by atoms with Gasteiger partial charge in [0.25, 0.3) is 0 Å². The van der Waals surface area contributed by atoms with E-state index in [1.54, 1.807) is 0 Å². The van der Waals surface area contributed by atoms with Crippen molar-refractivity contribution in [2.24, 2.45) is 17.3 Å². The second kappa shape index (κ2) is 2.73. The Morgan fingerprint density at radius 1 is 1.38 bits per heavy atom. The Balaban J connectivity index is 1.74. The normalized spacial score (nSPS) is 36.5. The summed E-state index contributed by atoms with van der Waals surface area (Å²) < 4.78 is 0. The standard InChI is InChI=1S/C11H19NO/c1-7-4-9(7)12-10(13)8-5-11(2,3)6-8/h7-9H,4-6H2,1-3H3,(H,12,13)/t7-,9-/m1/s1. The second-order valence-electron chi connectivity index (χ2n) is 5.60. The van der Waals surface area contributed by atoms with Gasteiger partial charge in [0.1, 0.15) is 0 Å². The van der Waals surface area contributed by atoms with Gasteiger partial charge in [-0.3, -0.25) is 4.79 Å². The largest absolute Gasteiger partial charge is 0.353 e. The van der Waals surface area contributed by atoms with E-state index in [1.165, 1.54) is 6.42 Å². The van der Waals surface area contributed by atoms with Crippen molar-refractivity contribution in [3.8, 4) is 0 Å². The fraction of sp³-hybridized carbons (Fsp3) is 0.909. The lowest BCUT2D eigenvalue weighted by Gasteiger charge is -2.41. The third kappa shape index (κ3) is 1.87. The average Bonchev–Trinajstić information content (AvgIpc) is 2.61. The summed E-state index contributed by atoms with van der Waals surface area (Å²) in [6.45, 7) is 6.66. The minimum atomic E-state index is 0.300. The maximum absolute atomic E-state index is 11.6. The third-order valence-electron chi connectivity index (χ3n) is 3.41. The van der Waals surface area contributed by atoms with E-state index in [4.69, 9.17) is 0 Å². The van der Waals surface area contributed by atoms with E-state index in [-0.39, 0.29) is 0 Å². The highest BCUT2D eigenvalue weighted by molar-refractivity contribution is 5.80. The predicted molar refractivity (Wildman–Crippen MR) is 52.2 cm³/mol. The van der Waals surface area contributed by atoms with Crippen LogP contribution >= 0.6 is 0 Å². The topological polar surface area (TPSA) is 29.1 Å². The van der Waals surface area contributed by atoms with Crippen molar-refractivity contribution < 1.29 is 4.79 Å². The van der Waals surface area contributed by atoms with E-state index in [9.17, 15) is 4.79 Å². The molecular formula is C11H19NO. The highest BCUT2D eigenvalue weighted by atomic mass is 16.2. The molecule has 74 valence electrons. The maximum atomic E-state index is 11.6. The zero-order valence-electron chi connectivity index (χ0n) is 8.76. The molecule has 2 heteroatoms. The Bertz CT molecular complexity index is 226. The van der Waals surface area contributed by atoms with E-state index >= 15 is 0 Å². The van der Waals surface area contributed by atoms with E-state index in [0.717, 1.165) is 18.8 Å². The minimum absolute atomic E-state index is 0.300. The molecule has 2 saturated carbocycles. The monoisotopic (exact) mass is 181 g/mol. The highest BCUT2D eigenvalue weighted by Gasteiger charge is 2.42. The van der Waals surface area contributed by atoms with Crippen molar-refractivity contribution in [2.45, 2.75) is 46.1 Å². The van der Waals surface area contributed by atoms with Crippen molar-refractivity contribution in [3.63, 3.8) is 0 Å². The van der Waals surface area contributed by atoms with E-state index in [0.29, 0.717) is 23.3 Å². The van der Waals surface area contributed by atoms with Crippen LogP contribution in [0.1, 0.15) is 40.0 Å². The Morgan fingerprint density at radius 2 is 1.92 bits per heavy atom. The average molecular weight is 181 g/mol. The Hall–Kier alpha value is -0.530. The SMILES string of the molecule is C[C@@H]1C[C@H]1NC(=O)C1CC(C)(C)C1. The van der Waals surface area contributed by atoms with Crippen LogP contribution in [0.4, 0.5) is 0 Å². The van der Waals surface area contributed by atoms with Gasteiger partial charge < -0.3 is 5.32 Å². The fourth-order valence-electron chi connectivity index (χ4n) is 2.28. The van der Waals surface area contributed by atoms with Crippen molar-refractivity contribution >= 4 is 5.91 Å². The summed E-state index contributed by atoms with van der Waals surface area (Å²) in [6, 6.07) is 0.496. The van der Waals surface area contributed by atoms with Gasteiger partial charge in [-0.1, -0.05) is 20.8 Å². The summed E-state index contributed by atoms with van der Waals surface area (Å²) in [5, 5.41) is 3.10. The van der Waals surface area contributed by atoms with Crippen LogP contribution in [-0.4, -0.2) is 11.9 Å². The number of carbonyl (C=O) groups is 1. The molecule has 0 bridgehead atoms. The summed E-state index contributed by atoms with van der Waals surface area (Å²) in [6.07, 6.45) is 3.32. The number of hydrogen-bond donors (Lipinski definition) is 1. The summed E-state index contributed by atoms with van der Waals surface area (Å²) >= 11 is 0. The van der Waals surface area contributed by atoms with Gasteiger partial charge in [-0.15, -0.1) is 0 Å². The van der Waals surface area contributed by atoms with Gasteiger partial charge in [-0.05, 0) is 30.6 Å². The molecule has 2 aliphatic rings. The summed E-state index contributed by atoms with van der Waals surface area (Å²) in [7, 11) is 0. The first-order valence-electron chi connectivity index (χ1n) is 5.28. The van der Waals surface area contributed by atoms with Gasteiger partial charge in [0.05, 0.1) is 0 Å². The minimum Gasteiger partial charge on any atom is -0.353 e. The first-order valence-corrected chi connectivity index (χ1v) is 5.28. The lowest BCUT2D eigenvalue weighted by molar-refractivity contribution is -0.131. The van der Waals surface area contributed by atoms with Gasteiger partial charge in [0.15, 0.2) is 0 Å². The molecule has 0 aromatic carbocycles. The van der Waals surface area contributed by atoms with Crippen LogP contribution in [0.3, 0.4) is 0 Å². The van der Waals surface area contributed by atoms with Gasteiger partial charge in [0.2, 0.25) is 5.91 Å². The predicted octanol–water partition coefficient (Wildman–Crippen LogP) is 1.95. The molecule has 0 aromatic rings. The van der Waals surface area contributed by atoms with E-state index < -0.39 is 0 Å². The molecule has 2 fully saturated rings. The van der Waals surface area contributed by atoms with Crippen LogP contribution in [0.15, 0.2) is 0 Å². The first-order chi connectivity index (χ1) is 5.98. The van der Waals surface area contributed by atoms with Crippen LogP contribution in [0, 0.1) is 17.3 Å². The number of nitrogens with one attached hydrogen (secondary N) is 1. The quantitative estimate of drug-likeness (QED) is 0.693. The molecule has 0 aromatic heterocycles. The zero-order chi connectivity index (χ0) is 9.64. The number of hydrogen-bond acceptors (Lipinski definition) is 1. The van der Waals surface area contributed by atoms with Crippen molar-refractivity contribution in [1.82, 2.24) is 5.32 Å². The smallest absolute Gasteiger partial charge is 0.223 e.